The van der Waals surface area contributed by atoms with Crippen LogP contribution in [-0.4, -0.2) is 47.8 Å². The van der Waals surface area contributed by atoms with Crippen LogP contribution in [0.15, 0.2) is 63.5 Å². The molecule has 1 amide bonds. The number of phenols is 1. The lowest BCUT2D eigenvalue weighted by atomic mass is 9.94. The third-order valence-corrected chi connectivity index (χ3v) is 7.22. The molecule has 0 fully saturated rings. The summed E-state index contributed by atoms with van der Waals surface area (Å²) in [6.07, 6.45) is 1.73. The number of benzene rings is 2. The molecule has 9 heteroatoms. The highest BCUT2D eigenvalue weighted by molar-refractivity contribution is 7.07. The molecule has 188 valence electrons. The number of nitrogens with zero attached hydrogens (tertiary/aromatic N) is 3. The van der Waals surface area contributed by atoms with E-state index >= 15 is 0 Å². The lowest BCUT2D eigenvalue weighted by molar-refractivity contribution is -0.127. The minimum absolute atomic E-state index is 0.0162. The van der Waals surface area contributed by atoms with Gasteiger partial charge in [0.1, 0.15) is 11.8 Å². The summed E-state index contributed by atoms with van der Waals surface area (Å²) in [4.78, 5) is 34.4. The molecule has 1 aromatic heterocycles. The van der Waals surface area contributed by atoms with Crippen LogP contribution in [0, 0.1) is 0 Å². The number of ether oxygens (including phenoxy) is 2. The number of carbonyl (C=O) groups is 1. The molecule has 0 saturated carbocycles. The molecule has 0 radical (unpaired) electrons. The number of fused-ring (bicyclic) bond motifs is 1. The normalized spacial score (nSPS) is 15.4. The van der Waals surface area contributed by atoms with Gasteiger partial charge in [0.2, 0.25) is 0 Å². The van der Waals surface area contributed by atoms with Gasteiger partial charge in [-0.25, -0.2) is 4.99 Å². The largest absolute Gasteiger partial charge is 0.504 e. The van der Waals surface area contributed by atoms with Crippen molar-refractivity contribution in [3.63, 3.8) is 0 Å². The van der Waals surface area contributed by atoms with E-state index in [1.165, 1.54) is 24.5 Å². The van der Waals surface area contributed by atoms with Crippen molar-refractivity contribution >= 4 is 23.3 Å². The molecule has 1 aliphatic heterocycles. The molecule has 2 heterocycles. The Labute approximate surface area is 213 Å². The first-order valence-corrected chi connectivity index (χ1v) is 12.5. The number of methoxy groups -OCH3 is 2. The maximum atomic E-state index is 13.8. The summed E-state index contributed by atoms with van der Waals surface area (Å²) in [7, 11) is 3.04. The lowest BCUT2D eigenvalue weighted by Gasteiger charge is -2.29. The number of para-hydroxylation sites is 1. The van der Waals surface area contributed by atoms with Gasteiger partial charge in [-0.15, -0.1) is 0 Å². The van der Waals surface area contributed by atoms with Gasteiger partial charge in [-0.2, -0.15) is 0 Å². The number of aromatic nitrogens is 1. The van der Waals surface area contributed by atoms with Gasteiger partial charge in [0.25, 0.3) is 11.5 Å². The zero-order valence-corrected chi connectivity index (χ0v) is 21.8. The number of amides is 1. The Kier molecular flexibility index (Phi) is 7.30. The predicted molar refractivity (Wildman–Crippen MR) is 139 cm³/mol. The number of thiazole rings is 1. The predicted octanol–water partition coefficient (Wildman–Crippen LogP) is 2.83. The molecule has 0 unspecified atom stereocenters. The summed E-state index contributed by atoms with van der Waals surface area (Å²) < 4.78 is 12.9. The first-order valence-electron chi connectivity index (χ1n) is 11.7. The number of phenolic OH excluding ortho intramolecular Hbond substituents is 1. The van der Waals surface area contributed by atoms with E-state index in [0.717, 1.165) is 0 Å². The van der Waals surface area contributed by atoms with Gasteiger partial charge in [0, 0.05) is 18.7 Å². The first kappa shape index (κ1) is 25.2. The molecular weight excluding hydrogens is 478 g/mol. The minimum Gasteiger partial charge on any atom is -0.504 e. The first-order chi connectivity index (χ1) is 17.3. The average Bonchev–Trinajstić information content (AvgIpc) is 3.19. The molecule has 36 heavy (non-hydrogen) atoms. The van der Waals surface area contributed by atoms with Crippen molar-refractivity contribution in [2.75, 3.05) is 27.3 Å². The summed E-state index contributed by atoms with van der Waals surface area (Å²) in [5.74, 6) is 0.753. The van der Waals surface area contributed by atoms with Crippen LogP contribution < -0.4 is 24.4 Å². The summed E-state index contributed by atoms with van der Waals surface area (Å²) >= 11 is 1.25. The van der Waals surface area contributed by atoms with E-state index in [9.17, 15) is 14.7 Å². The van der Waals surface area contributed by atoms with Gasteiger partial charge in [-0.05, 0) is 50.6 Å². The van der Waals surface area contributed by atoms with Crippen LogP contribution in [0.3, 0.4) is 0 Å². The Morgan fingerprint density at radius 3 is 2.50 bits per heavy atom. The third-order valence-electron chi connectivity index (χ3n) is 6.24. The standard InChI is InChI=1S/C27H29N3O5S/c1-6-29(7-2)26(33)23-16(3)28-27-30(24(23)18-10-8-9-11-20(18)34-4)25(32)22(36-27)15-17-12-13-19(31)21(14-17)35-5/h8-15,24,31H,6-7H2,1-5H3/b22-15+/t24-/m1/s1. The van der Waals surface area contributed by atoms with Gasteiger partial charge in [0.15, 0.2) is 16.3 Å². The maximum Gasteiger partial charge on any atom is 0.271 e. The van der Waals surface area contributed by atoms with Gasteiger partial charge in [-0.3, -0.25) is 14.2 Å². The Morgan fingerprint density at radius 2 is 1.83 bits per heavy atom. The van der Waals surface area contributed by atoms with Crippen molar-refractivity contribution in [3.8, 4) is 17.2 Å². The number of rotatable bonds is 7. The third kappa shape index (κ3) is 4.42. The lowest BCUT2D eigenvalue weighted by Crippen LogP contribution is -2.43. The fourth-order valence-electron chi connectivity index (χ4n) is 4.40. The van der Waals surface area contributed by atoms with E-state index in [4.69, 9.17) is 9.47 Å². The Balaban J connectivity index is 1.98. The van der Waals surface area contributed by atoms with Crippen LogP contribution in [-0.2, 0) is 4.79 Å². The molecule has 0 saturated heterocycles. The zero-order chi connectivity index (χ0) is 26.0. The second-order valence-corrected chi connectivity index (χ2v) is 9.24. The highest BCUT2D eigenvalue weighted by Crippen LogP contribution is 2.36. The SMILES string of the molecule is CCN(CC)C(=O)C1=C(C)N=c2s/c(=C/c3ccc(O)c(OC)c3)c(=O)n2[C@@H]1c1ccccc1OC. The van der Waals surface area contributed by atoms with Crippen molar-refractivity contribution in [1.82, 2.24) is 9.47 Å². The van der Waals surface area contributed by atoms with Gasteiger partial charge >= 0.3 is 0 Å². The number of hydrogen-bond donors (Lipinski definition) is 1. The van der Waals surface area contributed by atoms with E-state index in [-0.39, 0.29) is 17.2 Å². The van der Waals surface area contributed by atoms with Crippen LogP contribution in [0.2, 0.25) is 0 Å². The molecule has 8 nitrogen and oxygen atoms in total. The quantitative estimate of drug-likeness (QED) is 0.531. The van der Waals surface area contributed by atoms with E-state index < -0.39 is 6.04 Å². The van der Waals surface area contributed by atoms with Crippen LogP contribution in [0.4, 0.5) is 0 Å². The Morgan fingerprint density at radius 1 is 1.14 bits per heavy atom. The van der Waals surface area contributed by atoms with Crippen molar-refractivity contribution in [1.29, 1.82) is 0 Å². The van der Waals surface area contributed by atoms with Gasteiger partial charge < -0.3 is 19.5 Å². The molecule has 0 bridgehead atoms. The number of aromatic hydroxyl groups is 1. The number of likely N-dealkylation sites (N-methyl/N-ethyl adjacent to an activating group) is 1. The molecule has 1 N–H and O–H groups in total. The molecule has 0 spiro atoms. The Bertz CT molecular complexity index is 1510. The molecule has 2 aromatic carbocycles. The van der Waals surface area contributed by atoms with Crippen molar-refractivity contribution in [2.24, 2.45) is 4.99 Å². The second-order valence-electron chi connectivity index (χ2n) is 8.23. The zero-order valence-electron chi connectivity index (χ0n) is 20.9. The molecule has 1 atom stereocenters. The average molecular weight is 508 g/mol. The summed E-state index contributed by atoms with van der Waals surface area (Å²) in [6, 6.07) is 11.6. The van der Waals surface area contributed by atoms with Gasteiger partial charge in [-0.1, -0.05) is 35.6 Å². The molecule has 4 rings (SSSR count). The van der Waals surface area contributed by atoms with Crippen LogP contribution in [0.25, 0.3) is 6.08 Å². The van der Waals surface area contributed by atoms with E-state index in [2.05, 4.69) is 4.99 Å². The molecule has 3 aromatic rings. The van der Waals surface area contributed by atoms with Crippen LogP contribution in [0.1, 0.15) is 37.9 Å². The number of carbonyl (C=O) groups excluding carboxylic acids is 1. The monoisotopic (exact) mass is 507 g/mol. The van der Waals surface area contributed by atoms with Crippen molar-refractivity contribution in [2.45, 2.75) is 26.8 Å². The minimum atomic E-state index is -0.693. The second kappa shape index (κ2) is 10.4. The molecule has 0 aliphatic carbocycles. The van der Waals surface area contributed by atoms with E-state index in [1.807, 2.05) is 38.1 Å². The maximum absolute atomic E-state index is 13.8. The Hall–Kier alpha value is -3.85. The van der Waals surface area contributed by atoms with Gasteiger partial charge in [0.05, 0.1) is 30.0 Å². The topological polar surface area (TPSA) is 93.4 Å². The highest BCUT2D eigenvalue weighted by Gasteiger charge is 2.35. The number of hydrogen-bond acceptors (Lipinski definition) is 7. The summed E-state index contributed by atoms with van der Waals surface area (Å²) in [5, 5.41) is 9.92. The highest BCUT2D eigenvalue weighted by atomic mass is 32.1. The number of allylic oxidation sites excluding steroid dienone is 1. The van der Waals surface area contributed by atoms with Crippen molar-refractivity contribution in [3.05, 3.63) is 84.5 Å². The van der Waals surface area contributed by atoms with E-state index in [1.54, 1.807) is 41.7 Å². The fraction of sp³-hybridized carbons (Fsp3) is 0.296. The fourth-order valence-corrected chi connectivity index (χ4v) is 5.44. The van der Waals surface area contributed by atoms with E-state index in [0.29, 0.717) is 56.3 Å². The van der Waals surface area contributed by atoms with Crippen molar-refractivity contribution < 1.29 is 19.4 Å². The summed E-state index contributed by atoms with van der Waals surface area (Å²) in [6.45, 7) is 6.74. The van der Waals surface area contributed by atoms with Crippen LogP contribution >= 0.6 is 11.3 Å². The molecule has 1 aliphatic rings. The summed E-state index contributed by atoms with van der Waals surface area (Å²) in [5.41, 5.74) is 2.16. The smallest absolute Gasteiger partial charge is 0.271 e. The van der Waals surface area contributed by atoms with Crippen LogP contribution in [0.5, 0.6) is 17.2 Å². The molecular formula is C27H29N3O5S.